The van der Waals surface area contributed by atoms with E-state index in [0.29, 0.717) is 23.6 Å². The molecule has 6 heterocycles. The summed E-state index contributed by atoms with van der Waals surface area (Å²) in [6, 6.07) is 24.0. The highest BCUT2D eigenvalue weighted by molar-refractivity contribution is 5.77. The van der Waals surface area contributed by atoms with Crippen molar-refractivity contribution in [2.75, 3.05) is 0 Å². The molecule has 6 rings (SSSR count). The molecule has 0 fully saturated rings. The van der Waals surface area contributed by atoms with Crippen molar-refractivity contribution < 1.29 is 18.7 Å². The van der Waals surface area contributed by atoms with Crippen LogP contribution >= 0.6 is 0 Å². The van der Waals surface area contributed by atoms with Crippen LogP contribution in [0.2, 0.25) is 0 Å². The average molecular weight is 693 g/mol. The molecular formula is C42H44N8O2+2. The van der Waals surface area contributed by atoms with E-state index in [1.54, 1.807) is 0 Å². The van der Waals surface area contributed by atoms with Gasteiger partial charge in [0.2, 0.25) is 11.8 Å². The van der Waals surface area contributed by atoms with Crippen molar-refractivity contribution in [1.29, 1.82) is 0 Å². The van der Waals surface area contributed by atoms with Gasteiger partial charge in [-0.2, -0.15) is 0 Å². The number of hydrogen-bond acceptors (Lipinski definition) is 4. The normalized spacial score (nSPS) is 10.9. The van der Waals surface area contributed by atoms with E-state index in [9.17, 15) is 9.59 Å². The largest absolute Gasteiger partial charge is 0.357 e. The van der Waals surface area contributed by atoms with Gasteiger partial charge in [-0.3, -0.25) is 19.6 Å². The van der Waals surface area contributed by atoms with E-state index in [4.69, 9.17) is 0 Å². The highest BCUT2D eigenvalue weighted by atomic mass is 16.1. The second-order valence-electron chi connectivity index (χ2n) is 12.9. The standard InChI is InChI=1S/C42H44N8O2/c1-47-23-15-37(16-24-47)45-41(51)7-3-5-21-49-27-11-33(12-28-49)35-9-19-43-39(31-35)40-32-36(10-20-44-40)34-13-29-50(30-14-34)22-6-4-8-42(52)46-38-17-25-48(2)26-18-38/h9-20,23-32H,3-8,21-22H2,1-2H3/q+2. The Morgan fingerprint density at radius 2 is 0.923 bits per heavy atom. The number of carbonyl (C=O) groups excluding carboxylic acids is 2. The lowest BCUT2D eigenvalue weighted by molar-refractivity contribution is -0.697. The summed E-state index contributed by atoms with van der Waals surface area (Å²) >= 11 is 0. The molecule has 0 aromatic carbocycles. The molecule has 0 aliphatic heterocycles. The van der Waals surface area contributed by atoms with Crippen LogP contribution in [0.1, 0.15) is 38.5 Å². The molecular weight excluding hydrogens is 649 g/mol. The van der Waals surface area contributed by atoms with Crippen molar-refractivity contribution >= 4 is 11.8 Å². The Morgan fingerprint density at radius 1 is 0.538 bits per heavy atom. The van der Waals surface area contributed by atoms with E-state index < -0.39 is 0 Å². The van der Waals surface area contributed by atoms with E-state index in [2.05, 4.69) is 90.3 Å². The van der Waals surface area contributed by atoms with Crippen LogP contribution in [0.4, 0.5) is 0 Å². The number of unbranched alkanes of at least 4 members (excludes halogenated alkanes) is 2. The Hall–Kier alpha value is -6.16. The lowest BCUT2D eigenvalue weighted by Crippen LogP contribution is -2.32. The van der Waals surface area contributed by atoms with Crippen molar-refractivity contribution in [3.63, 3.8) is 0 Å². The predicted molar refractivity (Wildman–Crippen MR) is 198 cm³/mol. The minimum absolute atomic E-state index is 0.0844. The number of aromatic nitrogens is 6. The Bertz CT molecular complexity index is 2070. The van der Waals surface area contributed by atoms with Crippen molar-refractivity contribution in [2.45, 2.75) is 51.6 Å². The summed E-state index contributed by atoms with van der Waals surface area (Å²) in [5, 5.41) is 1.39. The first-order chi connectivity index (χ1) is 25.4. The molecule has 0 spiro atoms. The molecule has 6 aromatic heterocycles. The zero-order valence-corrected chi connectivity index (χ0v) is 29.8. The lowest BCUT2D eigenvalue weighted by atomic mass is 10.0. The van der Waals surface area contributed by atoms with Gasteiger partial charge >= 0.3 is 0 Å². The number of hydrogen-bond donors (Lipinski definition) is 0. The molecule has 0 N–H and O–H groups in total. The fourth-order valence-corrected chi connectivity index (χ4v) is 5.77. The summed E-state index contributed by atoms with van der Waals surface area (Å²) in [5.74, 6) is -0.169. The topological polar surface area (TPSA) is 102 Å². The van der Waals surface area contributed by atoms with E-state index in [-0.39, 0.29) is 11.8 Å². The Kier molecular flexibility index (Phi) is 12.1. The Labute approximate surface area is 303 Å². The van der Waals surface area contributed by atoms with Crippen molar-refractivity contribution in [3.8, 4) is 33.6 Å². The molecule has 0 saturated carbocycles. The molecule has 0 bridgehead atoms. The summed E-state index contributed by atoms with van der Waals surface area (Å²) < 4.78 is 8.12. The first-order valence-electron chi connectivity index (χ1n) is 17.7. The fourth-order valence-electron chi connectivity index (χ4n) is 5.77. The minimum Gasteiger partial charge on any atom is -0.357 e. The van der Waals surface area contributed by atoms with Crippen LogP contribution in [0.3, 0.4) is 0 Å². The smallest absolute Gasteiger partial charge is 0.246 e. The van der Waals surface area contributed by atoms with Crippen molar-refractivity contribution in [3.05, 3.63) is 145 Å². The summed E-state index contributed by atoms with van der Waals surface area (Å²) in [5.41, 5.74) is 5.94. The van der Waals surface area contributed by atoms with Gasteiger partial charge in [0, 0.05) is 101 Å². The van der Waals surface area contributed by atoms with Crippen LogP contribution in [-0.4, -0.2) is 30.9 Å². The van der Waals surface area contributed by atoms with Crippen LogP contribution < -0.4 is 19.8 Å². The first kappa shape index (κ1) is 35.7. The number of nitrogens with zero attached hydrogens (tertiary/aromatic N) is 8. The molecule has 0 atom stereocenters. The minimum atomic E-state index is -0.0844. The van der Waals surface area contributed by atoms with Gasteiger partial charge in [0.05, 0.1) is 22.1 Å². The molecule has 52 heavy (non-hydrogen) atoms. The van der Waals surface area contributed by atoms with Gasteiger partial charge in [0.15, 0.2) is 24.8 Å². The van der Waals surface area contributed by atoms with Crippen molar-refractivity contribution in [1.82, 2.24) is 19.1 Å². The van der Waals surface area contributed by atoms with Gasteiger partial charge in [0.1, 0.15) is 13.1 Å². The summed E-state index contributed by atoms with van der Waals surface area (Å²) in [4.78, 5) is 42.1. The van der Waals surface area contributed by atoms with Gasteiger partial charge in [-0.05, 0) is 83.6 Å². The molecule has 0 unspecified atom stereocenters. The van der Waals surface area contributed by atoms with Crippen LogP contribution in [0.15, 0.2) is 145 Å². The van der Waals surface area contributed by atoms with E-state index in [1.807, 2.05) is 96.8 Å². The zero-order valence-electron chi connectivity index (χ0n) is 29.8. The molecule has 6 aromatic rings. The molecule has 2 amide bonds. The van der Waals surface area contributed by atoms with Gasteiger partial charge in [-0.25, -0.2) is 19.1 Å². The Balaban J connectivity index is 0.993. The second-order valence-corrected chi connectivity index (χ2v) is 12.9. The first-order valence-corrected chi connectivity index (χ1v) is 17.7. The molecule has 0 aliphatic carbocycles. The van der Waals surface area contributed by atoms with E-state index >= 15 is 0 Å². The number of pyridine rings is 6. The van der Waals surface area contributed by atoms with Gasteiger partial charge in [0.25, 0.3) is 0 Å². The maximum absolute atomic E-state index is 12.2. The second kappa shape index (κ2) is 17.7. The molecule has 0 radical (unpaired) electrons. The highest BCUT2D eigenvalue weighted by Gasteiger charge is 2.10. The average Bonchev–Trinajstić information content (AvgIpc) is 3.17. The number of amides is 2. The monoisotopic (exact) mass is 692 g/mol. The Morgan fingerprint density at radius 3 is 1.31 bits per heavy atom. The number of rotatable bonds is 13. The molecule has 0 saturated heterocycles. The summed E-state index contributed by atoms with van der Waals surface area (Å²) in [6.45, 7) is 1.66. The quantitative estimate of drug-likeness (QED) is 0.121. The maximum atomic E-state index is 12.2. The predicted octanol–water partition coefficient (Wildman–Crippen LogP) is 5.33. The van der Waals surface area contributed by atoms with Crippen LogP contribution in [0.25, 0.3) is 33.6 Å². The van der Waals surface area contributed by atoms with Crippen LogP contribution in [0, 0.1) is 0 Å². The number of carbonyl (C=O) groups is 2. The third-order valence-corrected chi connectivity index (χ3v) is 8.77. The fraction of sp³-hybridized carbons (Fsp3) is 0.238. The molecule has 10 nitrogen and oxygen atoms in total. The summed E-state index contributed by atoms with van der Waals surface area (Å²) in [6.07, 6.45) is 23.7. The lowest BCUT2D eigenvalue weighted by Gasteiger charge is -2.07. The molecule has 10 heteroatoms. The highest BCUT2D eigenvalue weighted by Crippen LogP contribution is 2.26. The van der Waals surface area contributed by atoms with Crippen LogP contribution in [-0.2, 0) is 36.8 Å². The van der Waals surface area contributed by atoms with Gasteiger partial charge in [-0.1, -0.05) is 0 Å². The maximum Gasteiger partial charge on any atom is 0.246 e. The van der Waals surface area contributed by atoms with Gasteiger partial charge in [-0.15, -0.1) is 0 Å². The van der Waals surface area contributed by atoms with Crippen LogP contribution in [0.5, 0.6) is 0 Å². The van der Waals surface area contributed by atoms with Gasteiger partial charge < -0.3 is 9.13 Å². The summed E-state index contributed by atoms with van der Waals surface area (Å²) in [7, 11) is 3.87. The van der Waals surface area contributed by atoms with E-state index in [0.717, 1.165) is 72.4 Å². The van der Waals surface area contributed by atoms with Crippen molar-refractivity contribution in [2.24, 2.45) is 24.1 Å². The van der Waals surface area contributed by atoms with E-state index in [1.165, 1.54) is 0 Å². The number of aryl methyl sites for hydroxylation is 4. The zero-order chi connectivity index (χ0) is 36.1. The SMILES string of the molecule is Cn1ccc(=NC(=O)CCCC[n+]2ccc(-c3ccnc(-c4cc(-c5cc[n+](CCCCC(=O)N=c6ccn(C)cc6)cc5)ccn4)c3)cc2)cc1. The molecule has 262 valence electrons. The third kappa shape index (κ3) is 10.4. The third-order valence-electron chi connectivity index (χ3n) is 8.77. The molecule has 0 aliphatic rings.